The molecule has 21 heavy (non-hydrogen) atoms. The Hall–Kier alpha value is -1.86. The van der Waals surface area contributed by atoms with Crippen molar-refractivity contribution in [3.05, 3.63) is 36.1 Å². The lowest BCUT2D eigenvalue weighted by Gasteiger charge is -1.99. The largest absolute Gasteiger partial charge is 0.360 e. The Labute approximate surface area is 129 Å². The van der Waals surface area contributed by atoms with E-state index < -0.39 is 0 Å². The minimum Gasteiger partial charge on any atom is -0.360 e. The molecule has 1 N–H and O–H groups in total. The van der Waals surface area contributed by atoms with Gasteiger partial charge in [-0.1, -0.05) is 29.1 Å². The molecule has 0 saturated heterocycles. The van der Waals surface area contributed by atoms with Crippen LogP contribution in [-0.2, 0) is 4.79 Å². The first-order chi connectivity index (χ1) is 10.2. The molecule has 1 amide bonds. The van der Waals surface area contributed by atoms with Gasteiger partial charge in [0.25, 0.3) is 0 Å². The lowest BCUT2D eigenvalue weighted by molar-refractivity contribution is -0.115. The summed E-state index contributed by atoms with van der Waals surface area (Å²) in [4.78, 5) is 16.3. The Morgan fingerprint density at radius 3 is 3.05 bits per heavy atom. The second-order valence-corrected chi connectivity index (χ2v) is 6.79. The van der Waals surface area contributed by atoms with E-state index in [9.17, 15) is 4.79 Å². The number of nitrogens with one attached hydrogen (secondary N) is 1. The Morgan fingerprint density at radius 1 is 1.43 bits per heavy atom. The van der Waals surface area contributed by atoms with Gasteiger partial charge in [-0.2, -0.15) is 0 Å². The highest BCUT2D eigenvalue weighted by atomic mass is 32.2. The van der Waals surface area contributed by atoms with Gasteiger partial charge in [0.2, 0.25) is 5.91 Å². The summed E-state index contributed by atoms with van der Waals surface area (Å²) in [6.07, 6.45) is 0.409. The molecule has 7 heteroatoms. The second kappa shape index (κ2) is 6.28. The molecule has 3 aromatic rings. The summed E-state index contributed by atoms with van der Waals surface area (Å²) in [6, 6.07) is 9.72. The average molecular weight is 319 g/mol. The highest BCUT2D eigenvalue weighted by Crippen LogP contribution is 2.29. The molecule has 0 spiro atoms. The SMILES string of the molecule is Cc1cc(NC(=O)CCSc2nc3ccccc3s2)no1. The third-order valence-electron chi connectivity index (χ3n) is 2.72. The molecule has 3 rings (SSSR count). The fraction of sp³-hybridized carbons (Fsp3) is 0.214. The standard InChI is InChI=1S/C14H13N3O2S2/c1-9-8-12(17-19-9)16-13(18)6-7-20-14-15-10-4-2-3-5-11(10)21-14/h2-5,8H,6-7H2,1H3,(H,16,17,18). The van der Waals surface area contributed by atoms with Crippen LogP contribution in [0.25, 0.3) is 10.2 Å². The van der Waals surface area contributed by atoms with Crippen LogP contribution in [0.3, 0.4) is 0 Å². The topological polar surface area (TPSA) is 68.0 Å². The van der Waals surface area contributed by atoms with E-state index in [2.05, 4.69) is 21.5 Å². The third kappa shape index (κ3) is 3.62. The summed E-state index contributed by atoms with van der Waals surface area (Å²) >= 11 is 3.24. The van der Waals surface area contributed by atoms with Crippen molar-refractivity contribution in [3.8, 4) is 0 Å². The zero-order valence-corrected chi connectivity index (χ0v) is 13.0. The van der Waals surface area contributed by atoms with Gasteiger partial charge in [0.15, 0.2) is 10.2 Å². The van der Waals surface area contributed by atoms with Crippen LogP contribution in [0.4, 0.5) is 5.82 Å². The highest BCUT2D eigenvalue weighted by molar-refractivity contribution is 8.01. The van der Waals surface area contributed by atoms with Crippen molar-refractivity contribution in [2.24, 2.45) is 0 Å². The first-order valence-electron chi connectivity index (χ1n) is 6.42. The lowest BCUT2D eigenvalue weighted by atomic mass is 10.3. The number of amides is 1. The summed E-state index contributed by atoms with van der Waals surface area (Å²) in [5.74, 6) is 1.75. The molecule has 0 aliphatic carbocycles. The molecule has 2 heterocycles. The molecule has 0 unspecified atom stereocenters. The van der Waals surface area contributed by atoms with Gasteiger partial charge in [-0.05, 0) is 19.1 Å². The van der Waals surface area contributed by atoms with Gasteiger partial charge in [-0.25, -0.2) is 4.98 Å². The highest BCUT2D eigenvalue weighted by Gasteiger charge is 2.08. The van der Waals surface area contributed by atoms with Crippen LogP contribution in [0.2, 0.25) is 0 Å². The summed E-state index contributed by atoms with van der Waals surface area (Å²) in [6.45, 7) is 1.78. The smallest absolute Gasteiger partial charge is 0.226 e. The van der Waals surface area contributed by atoms with E-state index in [4.69, 9.17) is 4.52 Å². The molecule has 2 aromatic heterocycles. The molecular weight excluding hydrogens is 306 g/mol. The van der Waals surface area contributed by atoms with Gasteiger partial charge >= 0.3 is 0 Å². The average Bonchev–Trinajstić information content (AvgIpc) is 3.04. The number of thioether (sulfide) groups is 1. The van der Waals surface area contributed by atoms with E-state index in [1.807, 2.05) is 18.2 Å². The minimum atomic E-state index is -0.0723. The molecule has 0 atom stereocenters. The molecule has 0 radical (unpaired) electrons. The molecule has 0 aliphatic rings. The Balaban J connectivity index is 1.50. The van der Waals surface area contributed by atoms with Gasteiger partial charge < -0.3 is 9.84 Å². The van der Waals surface area contributed by atoms with Crippen LogP contribution >= 0.6 is 23.1 Å². The number of aryl methyl sites for hydroxylation is 1. The summed E-state index contributed by atoms with van der Waals surface area (Å²) in [5.41, 5.74) is 1.01. The predicted octanol–water partition coefficient (Wildman–Crippen LogP) is 3.71. The maximum atomic E-state index is 11.8. The van der Waals surface area contributed by atoms with Gasteiger partial charge in [0.05, 0.1) is 10.2 Å². The van der Waals surface area contributed by atoms with Crippen LogP contribution in [0, 0.1) is 6.92 Å². The first kappa shape index (κ1) is 14.1. The number of rotatable bonds is 5. The predicted molar refractivity (Wildman–Crippen MR) is 84.8 cm³/mol. The van der Waals surface area contributed by atoms with Crippen LogP contribution in [-0.4, -0.2) is 21.8 Å². The van der Waals surface area contributed by atoms with Crippen LogP contribution < -0.4 is 5.32 Å². The van der Waals surface area contributed by atoms with Crippen molar-refractivity contribution in [1.29, 1.82) is 0 Å². The molecule has 1 aromatic carbocycles. The number of carbonyl (C=O) groups excluding carboxylic acids is 1. The van der Waals surface area contributed by atoms with Crippen molar-refractivity contribution >= 4 is 45.0 Å². The van der Waals surface area contributed by atoms with E-state index in [0.29, 0.717) is 23.8 Å². The molecule has 0 aliphatic heterocycles. The quantitative estimate of drug-likeness (QED) is 0.726. The lowest BCUT2D eigenvalue weighted by Crippen LogP contribution is -2.12. The summed E-state index contributed by atoms with van der Waals surface area (Å²) < 4.78 is 7.05. The maximum absolute atomic E-state index is 11.8. The first-order valence-corrected chi connectivity index (χ1v) is 8.22. The number of nitrogens with zero attached hydrogens (tertiary/aromatic N) is 2. The monoisotopic (exact) mass is 319 g/mol. The number of anilines is 1. The van der Waals surface area contributed by atoms with E-state index in [1.165, 1.54) is 4.70 Å². The van der Waals surface area contributed by atoms with Crippen molar-refractivity contribution < 1.29 is 9.32 Å². The van der Waals surface area contributed by atoms with Crippen LogP contribution in [0.1, 0.15) is 12.2 Å². The van der Waals surface area contributed by atoms with Crippen LogP contribution in [0.15, 0.2) is 39.2 Å². The number of carbonyl (C=O) groups is 1. The zero-order chi connectivity index (χ0) is 14.7. The number of fused-ring (bicyclic) bond motifs is 1. The van der Waals surface area contributed by atoms with E-state index in [0.717, 1.165) is 9.86 Å². The van der Waals surface area contributed by atoms with Gasteiger partial charge in [-0.3, -0.25) is 4.79 Å². The van der Waals surface area contributed by atoms with E-state index >= 15 is 0 Å². The second-order valence-electron chi connectivity index (χ2n) is 4.42. The summed E-state index contributed by atoms with van der Waals surface area (Å²) in [7, 11) is 0. The Bertz CT molecular complexity index is 733. The fourth-order valence-corrected chi connectivity index (χ4v) is 3.85. The number of benzene rings is 1. The Kier molecular flexibility index (Phi) is 4.21. The van der Waals surface area contributed by atoms with E-state index in [1.54, 1.807) is 36.1 Å². The van der Waals surface area contributed by atoms with Crippen molar-refractivity contribution in [2.75, 3.05) is 11.1 Å². The van der Waals surface area contributed by atoms with Gasteiger partial charge in [0, 0.05) is 18.2 Å². The molecule has 108 valence electrons. The number of hydrogen-bond donors (Lipinski definition) is 1. The van der Waals surface area contributed by atoms with Crippen molar-refractivity contribution in [3.63, 3.8) is 0 Å². The van der Waals surface area contributed by atoms with Crippen LogP contribution in [0.5, 0.6) is 0 Å². The minimum absolute atomic E-state index is 0.0723. The van der Waals surface area contributed by atoms with Gasteiger partial charge in [-0.15, -0.1) is 11.3 Å². The Morgan fingerprint density at radius 2 is 2.29 bits per heavy atom. The maximum Gasteiger partial charge on any atom is 0.226 e. The summed E-state index contributed by atoms with van der Waals surface area (Å²) in [5, 5.41) is 6.43. The molecule has 0 bridgehead atoms. The number of para-hydroxylation sites is 1. The molecule has 5 nitrogen and oxygen atoms in total. The van der Waals surface area contributed by atoms with E-state index in [-0.39, 0.29) is 5.91 Å². The third-order valence-corrected chi connectivity index (χ3v) is 4.91. The fourth-order valence-electron chi connectivity index (χ4n) is 1.77. The number of hydrogen-bond acceptors (Lipinski definition) is 6. The molecule has 0 fully saturated rings. The van der Waals surface area contributed by atoms with Crippen molar-refractivity contribution in [1.82, 2.24) is 10.1 Å². The van der Waals surface area contributed by atoms with Crippen molar-refractivity contribution in [2.45, 2.75) is 17.7 Å². The molecular formula is C14H13N3O2S2. The van der Waals surface area contributed by atoms with Gasteiger partial charge in [0.1, 0.15) is 5.76 Å². The molecule has 0 saturated carbocycles. The number of thiazole rings is 1. The number of aromatic nitrogens is 2. The zero-order valence-electron chi connectivity index (χ0n) is 11.3. The normalized spacial score (nSPS) is 10.9.